The smallest absolute Gasteiger partial charge is 0.244 e. The molecule has 4 N–H and O–H groups in total. The van der Waals surface area contributed by atoms with Crippen LogP contribution in [-0.4, -0.2) is 41.8 Å². The van der Waals surface area contributed by atoms with Gasteiger partial charge in [-0.3, -0.25) is 19.6 Å². The molecule has 1 aromatic carbocycles. The van der Waals surface area contributed by atoms with Gasteiger partial charge in [-0.15, -0.1) is 0 Å². The van der Waals surface area contributed by atoms with E-state index in [2.05, 4.69) is 10.6 Å². The highest BCUT2D eigenvalue weighted by Crippen LogP contribution is 2.16. The van der Waals surface area contributed by atoms with Crippen molar-refractivity contribution in [3.8, 4) is 0 Å². The first kappa shape index (κ1) is 22.3. The van der Waals surface area contributed by atoms with Gasteiger partial charge in [0.25, 0.3) is 0 Å². The van der Waals surface area contributed by atoms with Gasteiger partial charge in [0.2, 0.25) is 17.7 Å². The molecule has 8 heteroatoms. The lowest BCUT2D eigenvalue weighted by molar-refractivity contribution is -0.136. The van der Waals surface area contributed by atoms with Crippen LogP contribution in [0.15, 0.2) is 30.3 Å². The molecule has 0 heterocycles. The second kappa shape index (κ2) is 11.8. The summed E-state index contributed by atoms with van der Waals surface area (Å²) in [6, 6.07) is 8.27. The standard InChI is InChI=1S/C19H27N3O5/c1-13(2)10-15(12-17(24)22-27)18(25)21-16(19(26)20-8-9-23)11-14-6-4-3-5-7-14/h3-7,9,13,15-16,27H,8,10-12H2,1-2H3,(H,20,26)(H,21,25)(H,22,24)/t15-,16+/m1/s1. The van der Waals surface area contributed by atoms with Crippen LogP contribution in [0.1, 0.15) is 32.3 Å². The fourth-order valence-corrected chi connectivity index (χ4v) is 2.74. The molecule has 27 heavy (non-hydrogen) atoms. The van der Waals surface area contributed by atoms with E-state index in [4.69, 9.17) is 5.21 Å². The maximum Gasteiger partial charge on any atom is 0.244 e. The molecule has 0 aromatic heterocycles. The predicted molar refractivity (Wildman–Crippen MR) is 98.6 cm³/mol. The number of rotatable bonds is 11. The van der Waals surface area contributed by atoms with Gasteiger partial charge in [0.1, 0.15) is 12.3 Å². The van der Waals surface area contributed by atoms with Gasteiger partial charge in [0.15, 0.2) is 0 Å². The van der Waals surface area contributed by atoms with Crippen molar-refractivity contribution in [1.29, 1.82) is 0 Å². The van der Waals surface area contributed by atoms with Crippen LogP contribution in [0.4, 0.5) is 0 Å². The summed E-state index contributed by atoms with van der Waals surface area (Å²) in [4.78, 5) is 47.1. The Morgan fingerprint density at radius 2 is 1.78 bits per heavy atom. The van der Waals surface area contributed by atoms with Crippen molar-refractivity contribution in [3.05, 3.63) is 35.9 Å². The highest BCUT2D eigenvalue weighted by Gasteiger charge is 2.27. The lowest BCUT2D eigenvalue weighted by Gasteiger charge is -2.23. The molecule has 0 aliphatic rings. The molecule has 1 aromatic rings. The fourth-order valence-electron chi connectivity index (χ4n) is 2.74. The normalized spacial score (nSPS) is 12.7. The molecule has 0 bridgehead atoms. The molecule has 0 aliphatic heterocycles. The van der Waals surface area contributed by atoms with Crippen LogP contribution in [0.5, 0.6) is 0 Å². The van der Waals surface area contributed by atoms with Crippen LogP contribution in [0.3, 0.4) is 0 Å². The lowest BCUT2D eigenvalue weighted by atomic mass is 9.92. The van der Waals surface area contributed by atoms with E-state index < -0.39 is 29.7 Å². The quantitative estimate of drug-likeness (QED) is 0.255. The van der Waals surface area contributed by atoms with E-state index in [9.17, 15) is 19.2 Å². The number of hydroxylamine groups is 1. The lowest BCUT2D eigenvalue weighted by Crippen LogP contribution is -2.50. The van der Waals surface area contributed by atoms with E-state index in [0.29, 0.717) is 12.7 Å². The average molecular weight is 377 g/mol. The van der Waals surface area contributed by atoms with E-state index in [1.807, 2.05) is 44.2 Å². The van der Waals surface area contributed by atoms with Crippen molar-refractivity contribution in [1.82, 2.24) is 16.1 Å². The molecule has 0 saturated carbocycles. The van der Waals surface area contributed by atoms with E-state index in [-0.39, 0.29) is 25.3 Å². The Morgan fingerprint density at radius 3 is 2.33 bits per heavy atom. The third-order valence-corrected chi connectivity index (χ3v) is 3.96. The van der Waals surface area contributed by atoms with Crippen LogP contribution in [0, 0.1) is 11.8 Å². The number of hydrogen-bond donors (Lipinski definition) is 4. The maximum atomic E-state index is 12.7. The van der Waals surface area contributed by atoms with Gasteiger partial charge in [-0.05, 0) is 17.9 Å². The van der Waals surface area contributed by atoms with Crippen LogP contribution >= 0.6 is 0 Å². The van der Waals surface area contributed by atoms with E-state index in [1.165, 1.54) is 5.48 Å². The summed E-state index contributed by atoms with van der Waals surface area (Å²) < 4.78 is 0. The van der Waals surface area contributed by atoms with Crippen LogP contribution in [-0.2, 0) is 25.6 Å². The number of hydrogen-bond acceptors (Lipinski definition) is 5. The third-order valence-electron chi connectivity index (χ3n) is 3.96. The van der Waals surface area contributed by atoms with Gasteiger partial charge in [-0.2, -0.15) is 0 Å². The van der Waals surface area contributed by atoms with Gasteiger partial charge in [-0.1, -0.05) is 44.2 Å². The first-order valence-electron chi connectivity index (χ1n) is 8.85. The molecule has 0 fully saturated rings. The first-order valence-corrected chi connectivity index (χ1v) is 8.85. The molecule has 2 atom stereocenters. The van der Waals surface area contributed by atoms with Crippen LogP contribution in [0.2, 0.25) is 0 Å². The molecule has 8 nitrogen and oxygen atoms in total. The molecular weight excluding hydrogens is 350 g/mol. The molecular formula is C19H27N3O5. The Hall–Kier alpha value is -2.74. The average Bonchev–Trinajstić information content (AvgIpc) is 2.65. The summed E-state index contributed by atoms with van der Waals surface area (Å²) in [6.45, 7) is 3.67. The second-order valence-electron chi connectivity index (χ2n) is 6.73. The van der Waals surface area contributed by atoms with Crippen LogP contribution in [0.25, 0.3) is 0 Å². The zero-order valence-electron chi connectivity index (χ0n) is 15.6. The fraction of sp³-hybridized carbons (Fsp3) is 0.474. The number of carbonyl (C=O) groups excluding carboxylic acids is 4. The summed E-state index contributed by atoms with van der Waals surface area (Å²) in [5.74, 6) is -2.14. The molecule has 0 saturated heterocycles. The first-order chi connectivity index (χ1) is 12.9. The third kappa shape index (κ3) is 8.46. The van der Waals surface area contributed by atoms with Gasteiger partial charge < -0.3 is 15.4 Å². The van der Waals surface area contributed by atoms with Gasteiger partial charge >= 0.3 is 0 Å². The minimum absolute atomic E-state index is 0.142. The maximum absolute atomic E-state index is 12.7. The molecule has 3 amide bonds. The van der Waals surface area contributed by atoms with E-state index >= 15 is 0 Å². The summed E-state index contributed by atoms with van der Waals surface area (Å²) in [6.07, 6.45) is 1.05. The topological polar surface area (TPSA) is 125 Å². The minimum atomic E-state index is -0.883. The molecule has 0 radical (unpaired) electrons. The summed E-state index contributed by atoms with van der Waals surface area (Å²) >= 11 is 0. The zero-order chi connectivity index (χ0) is 20.2. The highest BCUT2D eigenvalue weighted by atomic mass is 16.5. The number of benzene rings is 1. The Bertz CT molecular complexity index is 633. The number of nitrogens with one attached hydrogen (secondary N) is 3. The van der Waals surface area contributed by atoms with Crippen molar-refractivity contribution < 1.29 is 24.4 Å². The summed E-state index contributed by atoms with van der Waals surface area (Å²) in [5.41, 5.74) is 2.38. The zero-order valence-corrected chi connectivity index (χ0v) is 15.6. The number of aldehydes is 1. The van der Waals surface area contributed by atoms with E-state index in [1.54, 1.807) is 0 Å². The number of carbonyl (C=O) groups is 4. The Kier molecular flexibility index (Phi) is 9.74. The Balaban J connectivity index is 2.91. The molecule has 0 unspecified atom stereocenters. The van der Waals surface area contributed by atoms with E-state index in [0.717, 1.165) is 5.56 Å². The van der Waals surface area contributed by atoms with Crippen molar-refractivity contribution in [2.45, 2.75) is 39.2 Å². The SMILES string of the molecule is CC(C)C[C@H](CC(=O)NO)C(=O)N[C@@H](Cc1ccccc1)C(=O)NCC=O. The van der Waals surface area contributed by atoms with Crippen molar-refractivity contribution in [2.75, 3.05) is 6.54 Å². The van der Waals surface area contributed by atoms with Gasteiger partial charge in [0, 0.05) is 18.8 Å². The van der Waals surface area contributed by atoms with Crippen LogP contribution < -0.4 is 16.1 Å². The minimum Gasteiger partial charge on any atom is -0.348 e. The molecule has 148 valence electrons. The predicted octanol–water partition coefficient (Wildman–Crippen LogP) is 0.587. The monoisotopic (exact) mass is 377 g/mol. The largest absolute Gasteiger partial charge is 0.348 e. The summed E-state index contributed by atoms with van der Waals surface area (Å²) in [5, 5.41) is 13.9. The van der Waals surface area contributed by atoms with Crippen molar-refractivity contribution >= 4 is 24.0 Å². The van der Waals surface area contributed by atoms with Gasteiger partial charge in [0.05, 0.1) is 6.54 Å². The molecule has 0 aliphatic carbocycles. The Morgan fingerprint density at radius 1 is 1.11 bits per heavy atom. The number of amides is 3. The molecule has 1 rings (SSSR count). The van der Waals surface area contributed by atoms with Crippen molar-refractivity contribution in [2.24, 2.45) is 11.8 Å². The Labute approximate surface area is 158 Å². The summed E-state index contributed by atoms with van der Waals surface area (Å²) in [7, 11) is 0. The second-order valence-corrected chi connectivity index (χ2v) is 6.73. The highest BCUT2D eigenvalue weighted by molar-refractivity contribution is 5.91. The van der Waals surface area contributed by atoms with Gasteiger partial charge in [-0.25, -0.2) is 5.48 Å². The van der Waals surface area contributed by atoms with Crippen molar-refractivity contribution in [3.63, 3.8) is 0 Å². The molecule has 0 spiro atoms.